The predicted octanol–water partition coefficient (Wildman–Crippen LogP) is 5.16. The first-order valence-electron chi connectivity index (χ1n) is 7.50. The molecule has 0 spiro atoms. The fourth-order valence-electron chi connectivity index (χ4n) is 3.09. The Morgan fingerprint density at radius 3 is 2.72 bits per heavy atom. The lowest BCUT2D eigenvalue weighted by molar-refractivity contribution is 0.795. The molecule has 3 aromatic heterocycles. The van der Waals surface area contributed by atoms with Crippen molar-refractivity contribution in [2.45, 2.75) is 0 Å². The van der Waals surface area contributed by atoms with Crippen LogP contribution < -0.4 is 5.56 Å². The number of halogens is 2. The van der Waals surface area contributed by atoms with Crippen LogP contribution in [0.2, 0.25) is 10.0 Å². The SMILES string of the molecule is O=c1c2ccccc2nc2c3sccc3n(-c3ccc(Cl)cc3Cl)n12. The van der Waals surface area contributed by atoms with Crippen LogP contribution in [0.25, 0.3) is 32.5 Å². The first-order valence-corrected chi connectivity index (χ1v) is 9.14. The van der Waals surface area contributed by atoms with E-state index in [0.717, 1.165) is 10.2 Å². The van der Waals surface area contributed by atoms with Gasteiger partial charge in [0.15, 0.2) is 5.65 Å². The highest BCUT2D eigenvalue weighted by Crippen LogP contribution is 2.32. The first kappa shape index (κ1) is 15.0. The summed E-state index contributed by atoms with van der Waals surface area (Å²) in [5.74, 6) is 0. The third kappa shape index (κ3) is 2.07. The zero-order valence-electron chi connectivity index (χ0n) is 12.6. The fourth-order valence-corrected chi connectivity index (χ4v) is 4.43. The van der Waals surface area contributed by atoms with E-state index in [-0.39, 0.29) is 5.56 Å². The van der Waals surface area contributed by atoms with Gasteiger partial charge in [0.1, 0.15) is 0 Å². The molecule has 0 atom stereocenters. The van der Waals surface area contributed by atoms with Crippen molar-refractivity contribution < 1.29 is 0 Å². The average Bonchev–Trinajstić information content (AvgIpc) is 3.17. The molecule has 0 N–H and O–H groups in total. The van der Waals surface area contributed by atoms with Crippen LogP contribution in [0.15, 0.2) is 58.7 Å². The number of thiophene rings is 1. The van der Waals surface area contributed by atoms with Gasteiger partial charge in [0.2, 0.25) is 0 Å². The highest BCUT2D eigenvalue weighted by Gasteiger charge is 2.19. The summed E-state index contributed by atoms with van der Waals surface area (Å²) in [7, 11) is 0. The third-order valence-electron chi connectivity index (χ3n) is 4.17. The zero-order valence-corrected chi connectivity index (χ0v) is 14.9. The summed E-state index contributed by atoms with van der Waals surface area (Å²) in [6, 6.07) is 14.5. The van der Waals surface area contributed by atoms with E-state index in [1.807, 2.05) is 40.4 Å². The van der Waals surface area contributed by atoms with Crippen molar-refractivity contribution in [3.8, 4) is 5.69 Å². The number of para-hydroxylation sites is 1. The minimum absolute atomic E-state index is 0.130. The molecule has 0 radical (unpaired) electrons. The Morgan fingerprint density at radius 1 is 1.04 bits per heavy atom. The maximum absolute atomic E-state index is 13.2. The summed E-state index contributed by atoms with van der Waals surface area (Å²) >= 11 is 14.0. The molecule has 5 aromatic rings. The lowest BCUT2D eigenvalue weighted by atomic mass is 10.2. The van der Waals surface area contributed by atoms with E-state index in [9.17, 15) is 4.79 Å². The summed E-state index contributed by atoms with van der Waals surface area (Å²) < 4.78 is 4.33. The Morgan fingerprint density at radius 2 is 1.88 bits per heavy atom. The Bertz CT molecular complexity index is 1350. The maximum atomic E-state index is 13.2. The Labute approximate surface area is 155 Å². The number of hydrogen-bond acceptors (Lipinski definition) is 3. The van der Waals surface area contributed by atoms with Gasteiger partial charge in [-0.2, -0.15) is 4.52 Å². The fraction of sp³-hybridized carbons (Fsp3) is 0. The molecule has 0 aliphatic carbocycles. The molecule has 2 aromatic carbocycles. The van der Waals surface area contributed by atoms with Gasteiger partial charge in [-0.25, -0.2) is 9.67 Å². The van der Waals surface area contributed by atoms with Crippen molar-refractivity contribution in [1.29, 1.82) is 0 Å². The number of aromatic nitrogens is 3. The van der Waals surface area contributed by atoms with Crippen molar-refractivity contribution in [1.82, 2.24) is 14.2 Å². The molecule has 122 valence electrons. The lowest BCUT2D eigenvalue weighted by Crippen LogP contribution is -2.21. The van der Waals surface area contributed by atoms with Gasteiger partial charge in [-0.15, -0.1) is 11.3 Å². The van der Waals surface area contributed by atoms with Crippen LogP contribution in [0.4, 0.5) is 0 Å². The van der Waals surface area contributed by atoms with Crippen LogP contribution in [0, 0.1) is 0 Å². The Kier molecular flexibility index (Phi) is 3.19. The molecule has 4 nitrogen and oxygen atoms in total. The maximum Gasteiger partial charge on any atom is 0.281 e. The first-order chi connectivity index (χ1) is 12.1. The summed E-state index contributed by atoms with van der Waals surface area (Å²) in [6.07, 6.45) is 0. The lowest BCUT2D eigenvalue weighted by Gasteiger charge is -2.10. The minimum atomic E-state index is -0.130. The van der Waals surface area contributed by atoms with E-state index < -0.39 is 0 Å². The van der Waals surface area contributed by atoms with Gasteiger partial charge < -0.3 is 0 Å². The summed E-state index contributed by atoms with van der Waals surface area (Å²) in [5.41, 5.74) is 2.75. The van der Waals surface area contributed by atoms with Crippen molar-refractivity contribution in [3.05, 3.63) is 74.3 Å². The third-order valence-corrected chi connectivity index (χ3v) is 5.60. The topological polar surface area (TPSA) is 39.3 Å². The number of fused-ring (bicyclic) bond motifs is 4. The van der Waals surface area contributed by atoms with E-state index in [1.165, 1.54) is 0 Å². The smallest absolute Gasteiger partial charge is 0.267 e. The second-order valence-electron chi connectivity index (χ2n) is 5.61. The van der Waals surface area contributed by atoms with Crippen LogP contribution in [0.3, 0.4) is 0 Å². The molecule has 0 saturated heterocycles. The molecule has 0 saturated carbocycles. The van der Waals surface area contributed by atoms with Gasteiger partial charge in [-0.1, -0.05) is 35.3 Å². The van der Waals surface area contributed by atoms with Crippen LogP contribution in [-0.4, -0.2) is 14.2 Å². The van der Waals surface area contributed by atoms with E-state index in [1.54, 1.807) is 34.1 Å². The van der Waals surface area contributed by atoms with Crippen LogP contribution in [-0.2, 0) is 0 Å². The Balaban J connectivity index is 2.05. The van der Waals surface area contributed by atoms with E-state index in [0.29, 0.717) is 32.3 Å². The quantitative estimate of drug-likeness (QED) is 0.399. The molecule has 0 bridgehead atoms. The molecule has 0 fully saturated rings. The molecule has 7 heteroatoms. The number of rotatable bonds is 1. The molecule has 0 amide bonds. The van der Waals surface area contributed by atoms with Crippen LogP contribution >= 0.6 is 34.5 Å². The summed E-state index contributed by atoms with van der Waals surface area (Å²) in [5, 5.41) is 3.56. The number of nitrogens with zero attached hydrogens (tertiary/aromatic N) is 3. The van der Waals surface area contributed by atoms with Gasteiger partial charge in [-0.3, -0.25) is 4.79 Å². The summed E-state index contributed by atoms with van der Waals surface area (Å²) in [4.78, 5) is 17.9. The van der Waals surface area contributed by atoms with E-state index >= 15 is 0 Å². The molecule has 0 aliphatic rings. The predicted molar refractivity (Wildman–Crippen MR) is 104 cm³/mol. The molecule has 3 heterocycles. The van der Waals surface area contributed by atoms with Gasteiger partial charge in [0.05, 0.1) is 31.8 Å². The molecule has 5 rings (SSSR count). The van der Waals surface area contributed by atoms with E-state index in [2.05, 4.69) is 0 Å². The molecular formula is C18H9Cl2N3OS. The molecular weight excluding hydrogens is 377 g/mol. The largest absolute Gasteiger partial charge is 0.281 e. The molecule has 0 aliphatic heterocycles. The monoisotopic (exact) mass is 385 g/mol. The Hall–Kier alpha value is -2.34. The zero-order chi connectivity index (χ0) is 17.1. The second-order valence-corrected chi connectivity index (χ2v) is 7.37. The van der Waals surface area contributed by atoms with Crippen molar-refractivity contribution in [2.24, 2.45) is 0 Å². The standard InChI is InChI=1S/C18H9Cl2N3OS/c19-10-5-6-14(12(20)9-10)22-15-7-8-25-16(15)17-21-13-4-2-1-3-11(13)18(24)23(17)22/h1-9H. The number of benzene rings is 2. The van der Waals surface area contributed by atoms with Gasteiger partial charge in [-0.05, 0) is 41.8 Å². The van der Waals surface area contributed by atoms with Gasteiger partial charge >= 0.3 is 0 Å². The van der Waals surface area contributed by atoms with Crippen molar-refractivity contribution >= 4 is 61.3 Å². The van der Waals surface area contributed by atoms with Crippen LogP contribution in [0.5, 0.6) is 0 Å². The van der Waals surface area contributed by atoms with E-state index in [4.69, 9.17) is 28.2 Å². The van der Waals surface area contributed by atoms with Gasteiger partial charge in [0, 0.05) is 5.02 Å². The summed E-state index contributed by atoms with van der Waals surface area (Å²) in [6.45, 7) is 0. The average molecular weight is 386 g/mol. The normalized spacial score (nSPS) is 11.8. The van der Waals surface area contributed by atoms with Crippen molar-refractivity contribution in [2.75, 3.05) is 0 Å². The number of hydrogen-bond donors (Lipinski definition) is 0. The molecule has 25 heavy (non-hydrogen) atoms. The minimum Gasteiger partial charge on any atom is -0.267 e. The second kappa shape index (κ2) is 5.33. The van der Waals surface area contributed by atoms with Crippen molar-refractivity contribution in [3.63, 3.8) is 0 Å². The highest BCUT2D eigenvalue weighted by molar-refractivity contribution is 7.18. The van der Waals surface area contributed by atoms with Crippen LogP contribution in [0.1, 0.15) is 0 Å². The van der Waals surface area contributed by atoms with Gasteiger partial charge in [0.25, 0.3) is 5.56 Å². The molecule has 0 unspecified atom stereocenters. The highest BCUT2D eigenvalue weighted by atomic mass is 35.5.